The minimum atomic E-state index is -0.362. The molecular formula is C18H20Cl2N4O2S. The number of anilines is 1. The maximum absolute atomic E-state index is 12.3. The van der Waals surface area contributed by atoms with Crippen molar-refractivity contribution in [1.29, 1.82) is 0 Å². The van der Waals surface area contributed by atoms with Gasteiger partial charge in [-0.05, 0) is 44.1 Å². The highest BCUT2D eigenvalue weighted by Gasteiger charge is 2.23. The Hall–Kier alpha value is -1.67. The van der Waals surface area contributed by atoms with Gasteiger partial charge in [0.05, 0.1) is 10.0 Å². The van der Waals surface area contributed by atoms with E-state index in [0.717, 1.165) is 25.9 Å². The second-order valence-electron chi connectivity index (χ2n) is 6.26. The van der Waals surface area contributed by atoms with Crippen LogP contribution in [0.5, 0.6) is 0 Å². The third-order valence-corrected chi connectivity index (χ3v) is 6.04. The highest BCUT2D eigenvalue weighted by atomic mass is 35.5. The van der Waals surface area contributed by atoms with Gasteiger partial charge < -0.3 is 5.32 Å². The molecule has 6 nitrogen and oxygen atoms in total. The van der Waals surface area contributed by atoms with Crippen molar-refractivity contribution in [3.63, 3.8) is 0 Å². The summed E-state index contributed by atoms with van der Waals surface area (Å²) < 4.78 is 0. The topological polar surface area (TPSA) is 74.3 Å². The van der Waals surface area contributed by atoms with E-state index < -0.39 is 0 Å². The Morgan fingerprint density at radius 1 is 1.30 bits per heavy atom. The van der Waals surface area contributed by atoms with Gasteiger partial charge in [-0.2, -0.15) is 0 Å². The van der Waals surface area contributed by atoms with Gasteiger partial charge in [0.2, 0.25) is 0 Å². The summed E-state index contributed by atoms with van der Waals surface area (Å²) >= 11 is 13.0. The number of nitrogens with zero attached hydrogens (tertiary/aromatic N) is 2. The Balaban J connectivity index is 1.56. The number of hydrogen-bond acceptors (Lipinski definition) is 5. The summed E-state index contributed by atoms with van der Waals surface area (Å²) in [6.45, 7) is 4.80. The number of aromatic nitrogens is 1. The Morgan fingerprint density at radius 2 is 2.11 bits per heavy atom. The van der Waals surface area contributed by atoms with E-state index in [1.54, 1.807) is 17.5 Å². The third-order valence-electron chi connectivity index (χ3n) is 4.54. The number of amides is 2. The molecule has 0 saturated carbocycles. The van der Waals surface area contributed by atoms with Crippen molar-refractivity contribution in [3.05, 3.63) is 44.9 Å². The van der Waals surface area contributed by atoms with Gasteiger partial charge >= 0.3 is 0 Å². The molecule has 2 amide bonds. The summed E-state index contributed by atoms with van der Waals surface area (Å²) in [5.41, 5.74) is 0.664. The summed E-state index contributed by atoms with van der Waals surface area (Å²) in [6, 6.07) is 5.00. The lowest BCUT2D eigenvalue weighted by Gasteiger charge is -2.22. The normalized spacial score (nSPS) is 17.1. The van der Waals surface area contributed by atoms with Gasteiger partial charge in [0, 0.05) is 23.5 Å². The molecule has 2 N–H and O–H groups in total. The molecule has 0 bridgehead atoms. The van der Waals surface area contributed by atoms with Crippen molar-refractivity contribution in [3.8, 4) is 0 Å². The van der Waals surface area contributed by atoms with Crippen molar-refractivity contribution >= 4 is 51.5 Å². The molecule has 1 saturated heterocycles. The number of carbonyl (C=O) groups excluding carboxylic acids is 2. The summed E-state index contributed by atoms with van der Waals surface area (Å²) in [6.07, 6.45) is 2.26. The lowest BCUT2D eigenvalue weighted by atomic mass is 10.2. The minimum absolute atomic E-state index is 0.232. The fourth-order valence-electron chi connectivity index (χ4n) is 3.09. The number of benzene rings is 1. The first-order chi connectivity index (χ1) is 13.0. The Morgan fingerprint density at radius 3 is 2.85 bits per heavy atom. The van der Waals surface area contributed by atoms with Crippen LogP contribution >= 0.6 is 34.5 Å². The van der Waals surface area contributed by atoms with Gasteiger partial charge in [-0.3, -0.25) is 19.8 Å². The summed E-state index contributed by atoms with van der Waals surface area (Å²) in [5.74, 6) is -0.594. The van der Waals surface area contributed by atoms with Crippen LogP contribution in [-0.2, 0) is 0 Å². The standard InChI is InChI=1S/C18H20Cl2N4O2S/c1-2-24-7-3-4-12(24)9-21-17(26)15-10-27-18(22-15)23-16(25)11-5-6-13(19)14(20)8-11/h5-6,8,10,12H,2-4,7,9H2,1H3,(H,21,26)(H,22,23,25). The van der Waals surface area contributed by atoms with Crippen LogP contribution in [0.4, 0.5) is 5.13 Å². The Bertz CT molecular complexity index is 843. The molecule has 27 heavy (non-hydrogen) atoms. The monoisotopic (exact) mass is 426 g/mol. The van der Waals surface area contributed by atoms with E-state index in [-0.39, 0.29) is 11.8 Å². The number of rotatable bonds is 6. The molecule has 144 valence electrons. The average Bonchev–Trinajstić information content (AvgIpc) is 3.31. The zero-order valence-electron chi connectivity index (χ0n) is 14.8. The summed E-state index contributed by atoms with van der Waals surface area (Å²) in [5, 5.41) is 8.28. The van der Waals surface area contributed by atoms with Gasteiger partial charge in [-0.1, -0.05) is 30.1 Å². The smallest absolute Gasteiger partial charge is 0.270 e. The fraction of sp³-hybridized carbons (Fsp3) is 0.389. The Labute approximate surface area is 171 Å². The number of halogens is 2. The average molecular weight is 427 g/mol. The molecule has 0 spiro atoms. The SMILES string of the molecule is CCN1CCCC1CNC(=O)c1csc(NC(=O)c2ccc(Cl)c(Cl)c2)n1. The first-order valence-electron chi connectivity index (χ1n) is 8.72. The van der Waals surface area contributed by atoms with Gasteiger partial charge in [-0.15, -0.1) is 11.3 Å². The van der Waals surface area contributed by atoms with Gasteiger partial charge in [0.1, 0.15) is 5.69 Å². The number of likely N-dealkylation sites (tertiary alicyclic amines) is 1. The van der Waals surface area contributed by atoms with E-state index in [2.05, 4.69) is 27.4 Å². The molecule has 2 heterocycles. The number of hydrogen-bond donors (Lipinski definition) is 2. The van der Waals surface area contributed by atoms with Crippen molar-refractivity contribution in [2.45, 2.75) is 25.8 Å². The molecule has 1 aromatic heterocycles. The lowest BCUT2D eigenvalue weighted by molar-refractivity contribution is 0.0936. The zero-order chi connectivity index (χ0) is 19.4. The van der Waals surface area contributed by atoms with Crippen LogP contribution < -0.4 is 10.6 Å². The van der Waals surface area contributed by atoms with Gasteiger partial charge in [0.25, 0.3) is 11.8 Å². The zero-order valence-corrected chi connectivity index (χ0v) is 17.1. The maximum Gasteiger partial charge on any atom is 0.270 e. The van der Waals surface area contributed by atoms with Crippen molar-refractivity contribution in [2.75, 3.05) is 25.0 Å². The third kappa shape index (κ3) is 4.99. The van der Waals surface area contributed by atoms with Gasteiger partial charge in [-0.25, -0.2) is 4.98 Å². The second-order valence-corrected chi connectivity index (χ2v) is 7.93. The minimum Gasteiger partial charge on any atom is -0.349 e. The molecule has 9 heteroatoms. The Kier molecular flexibility index (Phi) is 6.70. The molecular weight excluding hydrogens is 407 g/mol. The lowest BCUT2D eigenvalue weighted by Crippen LogP contribution is -2.40. The molecule has 1 fully saturated rings. The molecule has 1 aliphatic rings. The van der Waals surface area contributed by atoms with E-state index in [1.165, 1.54) is 17.4 Å². The molecule has 3 rings (SSSR count). The molecule has 1 atom stereocenters. The van der Waals surface area contributed by atoms with Crippen LogP contribution in [0.1, 0.15) is 40.6 Å². The quantitative estimate of drug-likeness (QED) is 0.733. The number of nitrogens with one attached hydrogen (secondary N) is 2. The van der Waals surface area contributed by atoms with Gasteiger partial charge in [0.15, 0.2) is 5.13 Å². The molecule has 2 aromatic rings. The number of carbonyl (C=O) groups is 2. The van der Waals surface area contributed by atoms with E-state index in [9.17, 15) is 9.59 Å². The van der Waals surface area contributed by atoms with E-state index in [4.69, 9.17) is 23.2 Å². The molecule has 1 aromatic carbocycles. The van der Waals surface area contributed by atoms with E-state index in [0.29, 0.717) is 39.0 Å². The van der Waals surface area contributed by atoms with Crippen LogP contribution in [0, 0.1) is 0 Å². The largest absolute Gasteiger partial charge is 0.349 e. The van der Waals surface area contributed by atoms with E-state index >= 15 is 0 Å². The van der Waals surface area contributed by atoms with Crippen LogP contribution in [-0.4, -0.2) is 47.4 Å². The van der Waals surface area contributed by atoms with Crippen LogP contribution in [0.15, 0.2) is 23.6 Å². The fourth-order valence-corrected chi connectivity index (χ4v) is 4.07. The van der Waals surface area contributed by atoms with Crippen molar-refractivity contribution < 1.29 is 9.59 Å². The molecule has 1 aliphatic heterocycles. The molecule has 0 aliphatic carbocycles. The number of thiazole rings is 1. The molecule has 0 radical (unpaired) electrons. The van der Waals surface area contributed by atoms with Crippen LogP contribution in [0.25, 0.3) is 0 Å². The van der Waals surface area contributed by atoms with E-state index in [1.807, 2.05) is 0 Å². The number of likely N-dealkylation sites (N-methyl/N-ethyl adjacent to an activating group) is 1. The predicted molar refractivity (Wildman–Crippen MR) is 109 cm³/mol. The van der Waals surface area contributed by atoms with Crippen molar-refractivity contribution in [2.24, 2.45) is 0 Å². The van der Waals surface area contributed by atoms with Crippen LogP contribution in [0.2, 0.25) is 10.0 Å². The first-order valence-corrected chi connectivity index (χ1v) is 10.4. The summed E-state index contributed by atoms with van der Waals surface area (Å²) in [7, 11) is 0. The van der Waals surface area contributed by atoms with Crippen molar-refractivity contribution in [1.82, 2.24) is 15.2 Å². The first kappa shape index (κ1) is 20.1. The summed E-state index contributed by atoms with van der Waals surface area (Å²) in [4.78, 5) is 31.2. The second kappa shape index (κ2) is 9.01. The highest BCUT2D eigenvalue weighted by Crippen LogP contribution is 2.24. The highest BCUT2D eigenvalue weighted by molar-refractivity contribution is 7.14. The van der Waals surface area contributed by atoms with Crippen LogP contribution in [0.3, 0.4) is 0 Å². The molecule has 1 unspecified atom stereocenters. The predicted octanol–water partition coefficient (Wildman–Crippen LogP) is 3.92. The maximum atomic E-state index is 12.3.